The molecule has 8 amide bonds. The molecular weight excluding hydrogens is 1200 g/mol. The van der Waals surface area contributed by atoms with Crippen LogP contribution in [0.25, 0.3) is 11.5 Å². The van der Waals surface area contributed by atoms with Crippen LogP contribution in [-0.2, 0) is 34.2 Å². The number of carbonyl (C=O) groups excluding carboxylic acids is 10. The lowest BCUT2D eigenvalue weighted by Gasteiger charge is -2.31. The van der Waals surface area contributed by atoms with Gasteiger partial charge in [0.05, 0.1) is 12.1 Å². The van der Waals surface area contributed by atoms with Gasteiger partial charge in [-0.15, -0.1) is 20.4 Å². The summed E-state index contributed by atoms with van der Waals surface area (Å²) < 4.78 is 11.3. The zero-order chi connectivity index (χ0) is 68.6. The van der Waals surface area contributed by atoms with Gasteiger partial charge in [-0.1, -0.05) is 119 Å². The molecule has 6 N–H and O–H groups in total. The third-order valence-corrected chi connectivity index (χ3v) is 16.1. The van der Waals surface area contributed by atoms with E-state index in [1.807, 2.05) is 80.5 Å². The number of aromatic nitrogens is 6. The van der Waals surface area contributed by atoms with Crippen LogP contribution >= 0.6 is 0 Å². The van der Waals surface area contributed by atoms with Gasteiger partial charge in [-0.2, -0.15) is 0 Å². The first-order valence-corrected chi connectivity index (χ1v) is 32.8. The Balaban J connectivity index is 0.000000298. The molecule has 0 unspecified atom stereocenters. The molecule has 4 aromatic heterocycles. The molecule has 2 aliphatic heterocycles. The summed E-state index contributed by atoms with van der Waals surface area (Å²) in [6, 6.07) is 14.3. The van der Waals surface area contributed by atoms with Gasteiger partial charge in [0.25, 0.3) is 23.6 Å². The minimum Gasteiger partial charge on any atom is -0.418 e. The van der Waals surface area contributed by atoms with Crippen molar-refractivity contribution < 1.29 is 56.8 Å². The van der Waals surface area contributed by atoms with E-state index in [-0.39, 0.29) is 89.6 Å². The summed E-state index contributed by atoms with van der Waals surface area (Å²) in [4.78, 5) is 142. The molecule has 2 aliphatic rings. The van der Waals surface area contributed by atoms with E-state index in [1.54, 1.807) is 74.8 Å². The fourth-order valence-corrected chi connectivity index (χ4v) is 10.7. The van der Waals surface area contributed by atoms with E-state index in [9.17, 15) is 47.9 Å². The molecule has 5 aromatic rings. The Labute approximate surface area is 549 Å². The van der Waals surface area contributed by atoms with E-state index in [4.69, 9.17) is 8.83 Å². The zero-order valence-electron chi connectivity index (χ0n) is 56.1. The van der Waals surface area contributed by atoms with Crippen LogP contribution in [0.5, 0.6) is 0 Å². The molecule has 0 aliphatic carbocycles. The molecular formula is C68H94N14O12. The quantitative estimate of drug-likeness (QED) is 0.0196. The summed E-state index contributed by atoms with van der Waals surface area (Å²) in [7, 11) is 0. The van der Waals surface area contributed by atoms with E-state index < -0.39 is 65.0 Å². The number of pyridine rings is 2. The number of carbonyl (C=O) groups is 10. The highest BCUT2D eigenvalue weighted by Crippen LogP contribution is 2.26. The van der Waals surface area contributed by atoms with Crippen molar-refractivity contribution in [3.8, 4) is 11.5 Å². The zero-order valence-corrected chi connectivity index (χ0v) is 56.1. The Morgan fingerprint density at radius 1 is 0.489 bits per heavy atom. The number of hydrogen-bond donors (Lipinski definition) is 6. The van der Waals surface area contributed by atoms with Crippen molar-refractivity contribution in [2.75, 3.05) is 26.2 Å². The molecule has 94 heavy (non-hydrogen) atoms. The molecule has 508 valence electrons. The molecule has 26 nitrogen and oxygen atoms in total. The molecule has 6 atom stereocenters. The van der Waals surface area contributed by atoms with Crippen LogP contribution in [0, 0.1) is 23.7 Å². The third kappa shape index (κ3) is 21.5. The number of likely N-dealkylation sites (tertiary alicyclic amines) is 2. The topological polar surface area (TPSA) is 353 Å². The van der Waals surface area contributed by atoms with Gasteiger partial charge in [0.1, 0.15) is 35.6 Å². The lowest BCUT2D eigenvalue weighted by molar-refractivity contribution is -0.142. The van der Waals surface area contributed by atoms with Gasteiger partial charge < -0.3 is 50.5 Å². The standard InChI is InChI=1S/C35H45N7O6.C33H49N7O6/c1-22(2)28(30(44)34-41-40-33(48-34)24-14-7-5-8-15-24)39-32(46)26-17-13-21-42(26)35(47)29(23(3)4)38-27(43)18-9-6-11-20-37-31(45)25-16-10-12-19-36-25;1-20(2)25(27(42)30-38-39-32(46-30)33(5,6)7)37-29(44)23-15-13-19-40(23)31(45)26(21(3)4)36-24(41)16-9-8-11-18-35-28(43)22-14-10-12-17-34-22/h5,7-8,10,12,14-16,19,22-23,26,28-29H,6,9,11,13,17-18,20-21H2,1-4H3,(H,37,45)(H,38,43)(H,39,46);10,12,14,17,20-21,23,25-26H,8-9,11,13,15-16,18-19H2,1-7H3,(H,35,43)(H,36,41)(H,37,44)/t26-,28-,29-;23-,25-,26-/m00/s1. The Morgan fingerprint density at radius 3 is 1.30 bits per heavy atom. The van der Waals surface area contributed by atoms with E-state index in [1.165, 1.54) is 9.80 Å². The van der Waals surface area contributed by atoms with Crippen molar-refractivity contribution >= 4 is 58.8 Å². The van der Waals surface area contributed by atoms with Crippen molar-refractivity contribution in [1.29, 1.82) is 0 Å². The first kappa shape index (κ1) is 73.9. The average molecular weight is 1300 g/mol. The van der Waals surface area contributed by atoms with Gasteiger partial charge in [0, 0.05) is 62.4 Å². The van der Waals surface area contributed by atoms with Crippen LogP contribution in [0.2, 0.25) is 0 Å². The molecule has 2 saturated heterocycles. The number of unbranched alkanes of at least 4 members (excludes halogenated alkanes) is 4. The molecule has 26 heteroatoms. The number of nitrogens with one attached hydrogen (secondary N) is 6. The second-order valence-electron chi connectivity index (χ2n) is 26.2. The second-order valence-corrected chi connectivity index (χ2v) is 26.2. The highest BCUT2D eigenvalue weighted by Gasteiger charge is 2.43. The van der Waals surface area contributed by atoms with Crippen molar-refractivity contribution in [1.82, 2.24) is 72.1 Å². The molecule has 7 rings (SSSR count). The van der Waals surface area contributed by atoms with E-state index in [2.05, 4.69) is 62.3 Å². The Morgan fingerprint density at radius 2 is 0.904 bits per heavy atom. The van der Waals surface area contributed by atoms with E-state index >= 15 is 0 Å². The van der Waals surface area contributed by atoms with Gasteiger partial charge in [0.2, 0.25) is 58.8 Å². The number of benzene rings is 1. The summed E-state index contributed by atoms with van der Waals surface area (Å²) in [6.45, 7) is 22.0. The van der Waals surface area contributed by atoms with Crippen molar-refractivity contribution in [3.63, 3.8) is 0 Å². The number of nitrogens with zero attached hydrogens (tertiary/aromatic N) is 8. The lowest BCUT2D eigenvalue weighted by atomic mass is 9.97. The summed E-state index contributed by atoms with van der Waals surface area (Å²) in [6.07, 6.45) is 9.75. The normalized spacial score (nSPS) is 15.9. The van der Waals surface area contributed by atoms with Crippen LogP contribution in [-0.4, -0.2) is 161 Å². The predicted octanol–water partition coefficient (Wildman–Crippen LogP) is 6.79. The van der Waals surface area contributed by atoms with Crippen molar-refractivity contribution in [2.24, 2.45) is 23.7 Å². The monoisotopic (exact) mass is 1300 g/mol. The van der Waals surface area contributed by atoms with Crippen LogP contribution in [0.3, 0.4) is 0 Å². The molecule has 0 spiro atoms. The number of rotatable bonds is 31. The molecule has 6 heterocycles. The van der Waals surface area contributed by atoms with Gasteiger partial charge in [-0.05, 0) is 111 Å². The predicted molar refractivity (Wildman–Crippen MR) is 348 cm³/mol. The number of amides is 8. The van der Waals surface area contributed by atoms with Gasteiger partial charge in [-0.25, -0.2) is 0 Å². The molecule has 1 aromatic carbocycles. The summed E-state index contributed by atoms with van der Waals surface area (Å²) in [5, 5.41) is 32.9. The first-order valence-electron chi connectivity index (χ1n) is 32.8. The summed E-state index contributed by atoms with van der Waals surface area (Å²) in [5.41, 5.74) is 0.947. The highest BCUT2D eigenvalue weighted by atomic mass is 16.4. The average Bonchev–Trinajstić information content (AvgIpc) is 1.61. The fourth-order valence-electron chi connectivity index (χ4n) is 10.7. The molecule has 0 radical (unpaired) electrons. The highest BCUT2D eigenvalue weighted by molar-refractivity contribution is 6.01. The van der Waals surface area contributed by atoms with E-state index in [0.29, 0.717) is 100 Å². The van der Waals surface area contributed by atoms with Crippen LogP contribution in [0.15, 0.2) is 88.0 Å². The van der Waals surface area contributed by atoms with Gasteiger partial charge >= 0.3 is 0 Å². The Kier molecular flexibility index (Phi) is 28.2. The van der Waals surface area contributed by atoms with E-state index in [0.717, 1.165) is 12.8 Å². The largest absolute Gasteiger partial charge is 0.418 e. The van der Waals surface area contributed by atoms with Crippen LogP contribution < -0.4 is 31.9 Å². The summed E-state index contributed by atoms with van der Waals surface area (Å²) >= 11 is 0. The number of ketones is 2. The smallest absolute Gasteiger partial charge is 0.286 e. The SMILES string of the molecule is CC(C)[C@H](NC(=O)[C@@H]1CCCN1C(=O)[C@@H](NC(=O)CCCCCNC(=O)c1ccccn1)C(C)C)C(=O)c1nnc(-c2ccccc2)o1.CC(C)[C@H](NC(=O)[C@@H]1CCCN1C(=O)[C@@H](NC(=O)CCCCCNC(=O)c1ccccn1)C(C)C)C(=O)c1nnc(C(C)(C)C)o1. The number of Topliss-reactive ketones (excluding diaryl/α,β-unsaturated/α-hetero) is 2. The fraction of sp³-hybridized carbons (Fsp3) is 0.559. The Hall–Kier alpha value is -9.10. The van der Waals surface area contributed by atoms with Crippen LogP contribution in [0.1, 0.15) is 201 Å². The van der Waals surface area contributed by atoms with Crippen molar-refractivity contribution in [3.05, 3.63) is 108 Å². The van der Waals surface area contributed by atoms with Gasteiger partial charge in [0.15, 0.2) is 0 Å². The minimum atomic E-state index is -0.942. The molecule has 0 bridgehead atoms. The lowest BCUT2D eigenvalue weighted by Crippen LogP contribution is -2.57. The molecule has 0 saturated carbocycles. The maximum absolute atomic E-state index is 13.7. The maximum Gasteiger partial charge on any atom is 0.286 e. The minimum absolute atomic E-state index is 0.167. The Bertz CT molecular complexity index is 3330. The third-order valence-electron chi connectivity index (χ3n) is 16.1. The van der Waals surface area contributed by atoms with Crippen LogP contribution in [0.4, 0.5) is 0 Å². The number of hydrogen-bond acceptors (Lipinski definition) is 18. The first-order chi connectivity index (χ1) is 44.8. The molecule has 2 fully saturated rings. The second kappa shape index (κ2) is 35.8. The maximum atomic E-state index is 13.7. The summed E-state index contributed by atoms with van der Waals surface area (Å²) in [5.74, 6) is -4.32. The van der Waals surface area contributed by atoms with Crippen molar-refractivity contribution in [2.45, 2.75) is 195 Å². The van der Waals surface area contributed by atoms with Gasteiger partial charge in [-0.3, -0.25) is 57.9 Å².